The topological polar surface area (TPSA) is 95.1 Å². The lowest BCUT2D eigenvalue weighted by molar-refractivity contribution is -0.123. The van der Waals surface area contributed by atoms with E-state index in [9.17, 15) is 9.59 Å². The maximum atomic E-state index is 13.0. The molecule has 0 saturated heterocycles. The van der Waals surface area contributed by atoms with Crippen molar-refractivity contribution in [3.8, 4) is 23.0 Å². The number of carbonyl (C=O) groups excluding carboxylic acids is 2. The Morgan fingerprint density at radius 2 is 1.16 bits per heavy atom. The molecule has 8 heteroatoms. The zero-order chi connectivity index (χ0) is 26.8. The summed E-state index contributed by atoms with van der Waals surface area (Å²) in [6, 6.07) is 19.8. The van der Waals surface area contributed by atoms with E-state index in [1.165, 1.54) is 0 Å². The average Bonchev–Trinajstić information content (AvgIpc) is 2.88. The van der Waals surface area contributed by atoms with E-state index < -0.39 is 6.17 Å². The number of nitrogens with one attached hydrogen (secondary N) is 2. The van der Waals surface area contributed by atoms with Gasteiger partial charge in [0.25, 0.3) is 0 Å². The van der Waals surface area contributed by atoms with Crippen LogP contribution >= 0.6 is 0 Å². The first kappa shape index (κ1) is 27.4. The van der Waals surface area contributed by atoms with Crippen LogP contribution in [0.25, 0.3) is 0 Å². The SMILES string of the molecule is COc1ccc(CC(=O)NC(NC(=O)Cc2ccc(OC)cc2)c2ccc(OC)c(OC(C)C)c2)cc1. The Bertz CT molecular complexity index is 1110. The summed E-state index contributed by atoms with van der Waals surface area (Å²) in [5, 5.41) is 5.89. The van der Waals surface area contributed by atoms with E-state index in [0.717, 1.165) is 11.1 Å². The van der Waals surface area contributed by atoms with Crippen LogP contribution in [-0.4, -0.2) is 39.2 Å². The van der Waals surface area contributed by atoms with Crippen molar-refractivity contribution in [1.82, 2.24) is 10.6 Å². The molecule has 0 aliphatic carbocycles. The summed E-state index contributed by atoms with van der Waals surface area (Å²) >= 11 is 0. The average molecular weight is 507 g/mol. The van der Waals surface area contributed by atoms with Crippen molar-refractivity contribution in [1.29, 1.82) is 0 Å². The molecule has 0 radical (unpaired) electrons. The third kappa shape index (κ3) is 8.17. The quantitative estimate of drug-likeness (QED) is 0.357. The molecule has 0 aliphatic rings. The van der Waals surface area contributed by atoms with Crippen LogP contribution in [0.5, 0.6) is 23.0 Å². The van der Waals surface area contributed by atoms with Gasteiger partial charge in [-0.2, -0.15) is 0 Å². The maximum Gasteiger partial charge on any atom is 0.226 e. The number of ether oxygens (including phenoxy) is 4. The Morgan fingerprint density at radius 3 is 1.57 bits per heavy atom. The predicted octanol–water partition coefficient (Wildman–Crippen LogP) is 4.22. The summed E-state index contributed by atoms with van der Waals surface area (Å²) in [5.74, 6) is 2.01. The minimum atomic E-state index is -0.781. The molecule has 2 N–H and O–H groups in total. The molecular weight excluding hydrogens is 472 g/mol. The minimum absolute atomic E-state index is 0.0862. The van der Waals surface area contributed by atoms with Crippen LogP contribution in [0.3, 0.4) is 0 Å². The zero-order valence-corrected chi connectivity index (χ0v) is 21.9. The smallest absolute Gasteiger partial charge is 0.226 e. The third-order valence-corrected chi connectivity index (χ3v) is 5.54. The van der Waals surface area contributed by atoms with Crippen LogP contribution in [0.15, 0.2) is 66.7 Å². The van der Waals surface area contributed by atoms with Gasteiger partial charge in [0.1, 0.15) is 17.7 Å². The zero-order valence-electron chi connectivity index (χ0n) is 21.9. The van der Waals surface area contributed by atoms with Gasteiger partial charge in [-0.15, -0.1) is 0 Å². The molecule has 0 heterocycles. The van der Waals surface area contributed by atoms with Gasteiger partial charge in [0, 0.05) is 0 Å². The normalized spacial score (nSPS) is 10.7. The van der Waals surface area contributed by atoms with Crippen LogP contribution in [0.4, 0.5) is 0 Å². The second-order valence-electron chi connectivity index (χ2n) is 8.69. The second-order valence-corrected chi connectivity index (χ2v) is 8.69. The van der Waals surface area contributed by atoms with E-state index in [4.69, 9.17) is 18.9 Å². The number of hydrogen-bond acceptors (Lipinski definition) is 6. The summed E-state index contributed by atoms with van der Waals surface area (Å²) < 4.78 is 21.7. The Hall–Kier alpha value is -4.20. The molecular formula is C29H34N2O6. The molecule has 0 aliphatic heterocycles. The van der Waals surface area contributed by atoms with Gasteiger partial charge >= 0.3 is 0 Å². The summed E-state index contributed by atoms with van der Waals surface area (Å²) in [4.78, 5) is 26.0. The molecule has 3 aromatic carbocycles. The fourth-order valence-electron chi connectivity index (χ4n) is 3.70. The van der Waals surface area contributed by atoms with Crippen LogP contribution in [0, 0.1) is 0 Å². The highest BCUT2D eigenvalue weighted by Gasteiger charge is 2.20. The largest absolute Gasteiger partial charge is 0.497 e. The van der Waals surface area contributed by atoms with Crippen molar-refractivity contribution >= 4 is 11.8 Å². The van der Waals surface area contributed by atoms with Crippen molar-refractivity contribution < 1.29 is 28.5 Å². The lowest BCUT2D eigenvalue weighted by atomic mass is 10.1. The Morgan fingerprint density at radius 1 is 0.676 bits per heavy atom. The first-order chi connectivity index (χ1) is 17.8. The molecule has 0 spiro atoms. The highest BCUT2D eigenvalue weighted by Crippen LogP contribution is 2.31. The minimum Gasteiger partial charge on any atom is -0.497 e. The number of methoxy groups -OCH3 is 3. The molecule has 196 valence electrons. The molecule has 2 amide bonds. The second kappa shape index (κ2) is 13.2. The third-order valence-electron chi connectivity index (χ3n) is 5.54. The molecule has 0 saturated carbocycles. The molecule has 37 heavy (non-hydrogen) atoms. The van der Waals surface area contributed by atoms with Gasteiger partial charge in [-0.1, -0.05) is 30.3 Å². The van der Waals surface area contributed by atoms with Gasteiger partial charge in [-0.3, -0.25) is 9.59 Å². The monoisotopic (exact) mass is 506 g/mol. The highest BCUT2D eigenvalue weighted by atomic mass is 16.5. The standard InChI is InChI=1S/C29H34N2O6/c1-19(2)37-26-18-22(10-15-25(26)36-5)29(30-27(32)16-20-6-11-23(34-3)12-7-20)31-28(33)17-21-8-13-24(35-4)14-9-21/h6-15,18-19,29H,16-17H2,1-5H3,(H,30,32)(H,31,33). The van der Waals surface area contributed by atoms with E-state index in [-0.39, 0.29) is 30.8 Å². The summed E-state index contributed by atoms with van der Waals surface area (Å²) in [5.41, 5.74) is 2.29. The van der Waals surface area contributed by atoms with Crippen LogP contribution in [0.1, 0.15) is 36.7 Å². The van der Waals surface area contributed by atoms with Crippen LogP contribution < -0.4 is 29.6 Å². The lowest BCUT2D eigenvalue weighted by Gasteiger charge is -2.23. The summed E-state index contributed by atoms with van der Waals surface area (Å²) in [6.45, 7) is 3.83. The molecule has 3 aromatic rings. The molecule has 0 atom stereocenters. The van der Waals surface area contributed by atoms with E-state index in [0.29, 0.717) is 28.6 Å². The lowest BCUT2D eigenvalue weighted by Crippen LogP contribution is -2.42. The van der Waals surface area contributed by atoms with Gasteiger partial charge in [0.05, 0.1) is 40.3 Å². The molecule has 0 unspecified atom stereocenters. The fraction of sp³-hybridized carbons (Fsp3) is 0.310. The Kier molecular flexibility index (Phi) is 9.77. The molecule has 0 aromatic heterocycles. The Balaban J connectivity index is 1.81. The van der Waals surface area contributed by atoms with Crippen molar-refractivity contribution in [2.24, 2.45) is 0 Å². The van der Waals surface area contributed by atoms with E-state index in [1.807, 2.05) is 38.1 Å². The number of amides is 2. The molecule has 3 rings (SSSR count). The van der Waals surface area contributed by atoms with E-state index in [2.05, 4.69) is 10.6 Å². The highest BCUT2D eigenvalue weighted by molar-refractivity contribution is 5.82. The van der Waals surface area contributed by atoms with Crippen molar-refractivity contribution in [3.63, 3.8) is 0 Å². The van der Waals surface area contributed by atoms with Crippen molar-refractivity contribution in [2.75, 3.05) is 21.3 Å². The van der Waals surface area contributed by atoms with Gasteiger partial charge in [0.15, 0.2) is 11.5 Å². The fourth-order valence-corrected chi connectivity index (χ4v) is 3.70. The van der Waals surface area contributed by atoms with Gasteiger partial charge < -0.3 is 29.6 Å². The summed E-state index contributed by atoms with van der Waals surface area (Å²) in [6.07, 6.45) is -0.588. The van der Waals surface area contributed by atoms with Crippen molar-refractivity contribution in [3.05, 3.63) is 83.4 Å². The molecule has 8 nitrogen and oxygen atoms in total. The van der Waals surface area contributed by atoms with Crippen LogP contribution in [-0.2, 0) is 22.4 Å². The van der Waals surface area contributed by atoms with E-state index >= 15 is 0 Å². The number of carbonyl (C=O) groups is 2. The molecule has 0 fully saturated rings. The number of benzene rings is 3. The Labute approximate surface area is 217 Å². The van der Waals surface area contributed by atoms with E-state index in [1.54, 1.807) is 63.8 Å². The summed E-state index contributed by atoms with van der Waals surface area (Å²) in [7, 11) is 4.74. The number of hydrogen-bond donors (Lipinski definition) is 2. The first-order valence-corrected chi connectivity index (χ1v) is 12.0. The van der Waals surface area contributed by atoms with Crippen LogP contribution in [0.2, 0.25) is 0 Å². The van der Waals surface area contributed by atoms with Crippen molar-refractivity contribution in [2.45, 2.75) is 39.0 Å². The predicted molar refractivity (Wildman–Crippen MR) is 141 cm³/mol. The van der Waals surface area contributed by atoms with Gasteiger partial charge in [-0.05, 0) is 66.9 Å². The van der Waals surface area contributed by atoms with Gasteiger partial charge in [-0.25, -0.2) is 0 Å². The van der Waals surface area contributed by atoms with Gasteiger partial charge in [0.2, 0.25) is 11.8 Å². The maximum absolute atomic E-state index is 13.0. The first-order valence-electron chi connectivity index (χ1n) is 12.0. The molecule has 0 bridgehead atoms. The number of rotatable bonds is 12.